The molecule has 0 aliphatic heterocycles. The van der Waals surface area contributed by atoms with Gasteiger partial charge in [0.1, 0.15) is 22.0 Å². The minimum absolute atomic E-state index is 0. The third-order valence-electron chi connectivity index (χ3n) is 4.85. The van der Waals surface area contributed by atoms with Crippen molar-refractivity contribution in [2.24, 2.45) is 20.5 Å². The van der Waals surface area contributed by atoms with Crippen molar-refractivity contribution in [2.75, 3.05) is 0 Å². The van der Waals surface area contributed by atoms with Crippen LogP contribution in [-0.2, 0) is 37.3 Å². The van der Waals surface area contributed by atoms with Gasteiger partial charge in [0.25, 0.3) is 20.2 Å². The minimum Gasteiger partial charge on any atom is -0.506 e. The van der Waals surface area contributed by atoms with Gasteiger partial charge in [0.2, 0.25) is 0 Å². The van der Waals surface area contributed by atoms with Gasteiger partial charge in [0.15, 0.2) is 5.75 Å². The first-order valence-corrected chi connectivity index (χ1v) is 12.8. The molecule has 0 aliphatic carbocycles. The van der Waals surface area contributed by atoms with E-state index >= 15 is 0 Å². The van der Waals surface area contributed by atoms with Crippen LogP contribution in [0.5, 0.6) is 11.5 Å². The number of nitrogens with zero attached hydrogens (tertiary/aromatic N) is 4. The van der Waals surface area contributed by atoms with Crippen LogP contribution >= 0.6 is 0 Å². The van der Waals surface area contributed by atoms with E-state index in [-0.39, 0.29) is 44.4 Å². The number of benzene rings is 4. The first-order chi connectivity index (χ1) is 16.9. The van der Waals surface area contributed by atoms with Crippen molar-refractivity contribution in [3.63, 3.8) is 0 Å². The number of phenols is 2. The summed E-state index contributed by atoms with van der Waals surface area (Å²) in [5, 5.41) is 36.7. The summed E-state index contributed by atoms with van der Waals surface area (Å²) in [4.78, 5) is -1.03. The molecule has 1 radical (unpaired) electrons. The monoisotopic (exact) mass is 591 g/mol. The molecule has 0 unspecified atom stereocenters. The smallest absolute Gasteiger partial charge is 0.296 e. The summed E-state index contributed by atoms with van der Waals surface area (Å²) in [6.07, 6.45) is 0. The van der Waals surface area contributed by atoms with Crippen LogP contribution in [-0.4, -0.2) is 36.2 Å². The fourth-order valence-electron chi connectivity index (χ4n) is 3.17. The van der Waals surface area contributed by atoms with E-state index in [1.165, 1.54) is 36.4 Å². The number of phenolic OH excluding ortho intramolecular Hbond substituents is 2. The van der Waals surface area contributed by atoms with Crippen LogP contribution in [0.2, 0.25) is 0 Å². The summed E-state index contributed by atoms with van der Waals surface area (Å²) in [6, 6.07) is 16.4. The van der Waals surface area contributed by atoms with Gasteiger partial charge in [-0.3, -0.25) is 9.11 Å². The molecule has 195 valence electrons. The normalized spacial score (nSPS) is 12.3. The molecule has 37 heavy (non-hydrogen) atoms. The molecule has 0 aliphatic rings. The minimum atomic E-state index is -4.77. The second-order valence-electron chi connectivity index (χ2n) is 7.31. The van der Waals surface area contributed by atoms with Gasteiger partial charge in [0.05, 0.1) is 16.3 Å². The first kappa shape index (κ1) is 27.9. The van der Waals surface area contributed by atoms with E-state index in [4.69, 9.17) is 4.55 Å². The van der Waals surface area contributed by atoms with Crippen LogP contribution < -0.4 is 0 Å². The molecule has 4 aromatic carbocycles. The number of fused-ring (bicyclic) bond motifs is 1. The van der Waals surface area contributed by atoms with Crippen LogP contribution in [0.25, 0.3) is 10.8 Å². The Hall–Kier alpha value is -3.72. The average molecular weight is 592 g/mol. The van der Waals surface area contributed by atoms with E-state index in [1.54, 1.807) is 18.2 Å². The predicted molar refractivity (Wildman–Crippen MR) is 128 cm³/mol. The van der Waals surface area contributed by atoms with E-state index < -0.39 is 42.3 Å². The fourth-order valence-corrected chi connectivity index (χ4v) is 4.35. The third-order valence-corrected chi connectivity index (χ3v) is 6.57. The molecule has 12 nitrogen and oxygen atoms in total. The Bertz CT molecular complexity index is 1780. The van der Waals surface area contributed by atoms with Crippen molar-refractivity contribution < 1.29 is 53.2 Å². The maximum atomic E-state index is 11.9. The quantitative estimate of drug-likeness (QED) is 0.126. The zero-order chi connectivity index (χ0) is 26.1. The van der Waals surface area contributed by atoms with E-state index in [0.29, 0.717) is 5.39 Å². The van der Waals surface area contributed by atoms with Gasteiger partial charge in [0, 0.05) is 28.5 Å². The van der Waals surface area contributed by atoms with Gasteiger partial charge in [-0.05, 0) is 41.8 Å². The molecule has 0 fully saturated rings. The Morgan fingerprint density at radius 1 is 0.649 bits per heavy atom. The number of hydrogen-bond acceptors (Lipinski definition) is 10. The van der Waals surface area contributed by atoms with Crippen LogP contribution in [0, 0.1) is 0 Å². The molecule has 0 saturated carbocycles. The summed E-state index contributed by atoms with van der Waals surface area (Å²) in [5.74, 6) is -0.947. The van der Waals surface area contributed by atoms with Crippen molar-refractivity contribution >= 4 is 53.8 Å². The zero-order valence-corrected chi connectivity index (χ0v) is 20.8. The first-order valence-electron chi connectivity index (χ1n) is 9.90. The molecule has 0 bridgehead atoms. The molecular weight excluding hydrogens is 576 g/mol. The molecule has 4 N–H and O–H groups in total. The van der Waals surface area contributed by atoms with Gasteiger partial charge in [-0.25, -0.2) is 0 Å². The van der Waals surface area contributed by atoms with E-state index in [0.717, 1.165) is 18.2 Å². The third kappa shape index (κ3) is 6.35. The molecule has 0 aromatic heterocycles. The Kier molecular flexibility index (Phi) is 8.07. The molecule has 4 aromatic rings. The number of hydrogen-bond donors (Lipinski definition) is 4. The standard InChI is InChI=1S/C22H16N4O8S2.Cu/c27-19-12-15(24-23-14-5-3-6-16(11-14)35(29,30)31)8-9-18(19)25-26-21-20(36(32,33)34)10-13-4-1-2-7-17(13)22(21)28;/h1-12,27-28H,(H,29,30,31)(H,32,33,34);. The van der Waals surface area contributed by atoms with E-state index in [9.17, 15) is 31.6 Å². The molecule has 0 amide bonds. The molecule has 0 heterocycles. The van der Waals surface area contributed by atoms with Crippen LogP contribution in [0.15, 0.2) is 103 Å². The maximum Gasteiger partial charge on any atom is 0.296 e. The van der Waals surface area contributed by atoms with Gasteiger partial charge in [-0.2, -0.15) is 27.1 Å². The number of aromatic hydroxyl groups is 2. The van der Waals surface area contributed by atoms with E-state index in [1.807, 2.05) is 0 Å². The summed E-state index contributed by atoms with van der Waals surface area (Å²) >= 11 is 0. The summed E-state index contributed by atoms with van der Waals surface area (Å²) in [5.41, 5.74) is -0.358. The van der Waals surface area contributed by atoms with Crippen molar-refractivity contribution in [3.05, 3.63) is 72.8 Å². The molecule has 0 saturated heterocycles. The summed E-state index contributed by atoms with van der Waals surface area (Å²) in [7, 11) is -9.18. The fraction of sp³-hybridized carbons (Fsp3) is 0. The van der Waals surface area contributed by atoms with Gasteiger partial charge in [-0.15, -0.1) is 10.2 Å². The summed E-state index contributed by atoms with van der Waals surface area (Å²) < 4.78 is 64.9. The second kappa shape index (κ2) is 10.7. The average Bonchev–Trinajstić information content (AvgIpc) is 2.82. The van der Waals surface area contributed by atoms with Crippen LogP contribution in [0.3, 0.4) is 0 Å². The topological polar surface area (TPSA) is 199 Å². The summed E-state index contributed by atoms with van der Waals surface area (Å²) in [6.45, 7) is 0. The predicted octanol–water partition coefficient (Wildman–Crippen LogP) is 5.57. The Morgan fingerprint density at radius 3 is 1.97 bits per heavy atom. The largest absolute Gasteiger partial charge is 0.506 e. The van der Waals surface area contributed by atoms with Crippen molar-refractivity contribution in [1.82, 2.24) is 0 Å². The van der Waals surface area contributed by atoms with Gasteiger partial charge >= 0.3 is 0 Å². The van der Waals surface area contributed by atoms with Crippen molar-refractivity contribution in [2.45, 2.75) is 9.79 Å². The van der Waals surface area contributed by atoms with Gasteiger partial charge in [-0.1, -0.05) is 30.3 Å². The molecule has 4 rings (SSSR count). The zero-order valence-electron chi connectivity index (χ0n) is 18.3. The Balaban J connectivity index is 0.00000380. The van der Waals surface area contributed by atoms with Gasteiger partial charge < -0.3 is 10.2 Å². The maximum absolute atomic E-state index is 11.9. The molecular formula is C22H16CuN4O8S2. The van der Waals surface area contributed by atoms with Crippen molar-refractivity contribution in [1.29, 1.82) is 0 Å². The molecule has 0 atom stereocenters. The van der Waals surface area contributed by atoms with Crippen molar-refractivity contribution in [3.8, 4) is 11.5 Å². The molecule has 0 spiro atoms. The van der Waals surface area contributed by atoms with Crippen LogP contribution in [0.4, 0.5) is 22.7 Å². The van der Waals surface area contributed by atoms with E-state index in [2.05, 4.69) is 20.5 Å². The second-order valence-corrected chi connectivity index (χ2v) is 10.1. The Morgan fingerprint density at radius 2 is 1.32 bits per heavy atom. The number of rotatable bonds is 6. The Labute approximate surface area is 221 Å². The number of azo groups is 2. The van der Waals surface area contributed by atoms with Crippen LogP contribution in [0.1, 0.15) is 0 Å². The molecule has 15 heteroatoms. The SMILES string of the molecule is O=S(=O)(O)c1cccc(N=Nc2ccc(N=Nc3c(S(=O)(=O)O)cc4ccccc4c3O)c(O)c2)c1.[Cu].